The van der Waals surface area contributed by atoms with Gasteiger partial charge < -0.3 is 15.0 Å². The highest BCUT2D eigenvalue weighted by Gasteiger charge is 2.22. The Morgan fingerprint density at radius 3 is 2.62 bits per heavy atom. The van der Waals surface area contributed by atoms with E-state index < -0.39 is 4.92 Å². The van der Waals surface area contributed by atoms with Crippen molar-refractivity contribution in [1.82, 2.24) is 4.90 Å². The molecule has 2 aromatic carbocycles. The standard InChI is InChI=1S/C20H23ClN4O4/c1-2-29-19-6-4-3-5-18(19)24-11-9-23(10-12-24)14-20(26)22-17-13-15(25(27)28)7-8-16(17)21/h3-8,13H,2,9-12,14H2,1H3,(H,22,26). The molecular weight excluding hydrogens is 396 g/mol. The summed E-state index contributed by atoms with van der Waals surface area (Å²) in [6.45, 7) is 5.75. The van der Waals surface area contributed by atoms with Crippen molar-refractivity contribution in [3.05, 3.63) is 57.6 Å². The van der Waals surface area contributed by atoms with E-state index in [9.17, 15) is 14.9 Å². The largest absolute Gasteiger partial charge is 0.492 e. The van der Waals surface area contributed by atoms with E-state index in [0.29, 0.717) is 6.61 Å². The van der Waals surface area contributed by atoms with E-state index in [-0.39, 0.29) is 28.8 Å². The molecule has 154 valence electrons. The number of nitro groups is 1. The lowest BCUT2D eigenvalue weighted by Gasteiger charge is -2.36. The number of amides is 1. The number of halogens is 1. The van der Waals surface area contributed by atoms with E-state index in [1.165, 1.54) is 18.2 Å². The second-order valence-corrected chi connectivity index (χ2v) is 7.04. The van der Waals surface area contributed by atoms with Gasteiger partial charge in [-0.1, -0.05) is 23.7 Å². The first-order valence-corrected chi connectivity index (χ1v) is 9.78. The zero-order chi connectivity index (χ0) is 20.8. The fourth-order valence-electron chi connectivity index (χ4n) is 3.26. The van der Waals surface area contributed by atoms with Crippen LogP contribution in [-0.2, 0) is 4.79 Å². The molecule has 0 unspecified atom stereocenters. The number of piperazine rings is 1. The van der Waals surface area contributed by atoms with Crippen LogP contribution in [0.15, 0.2) is 42.5 Å². The number of carbonyl (C=O) groups excluding carboxylic acids is 1. The van der Waals surface area contributed by atoms with Crippen LogP contribution in [0.1, 0.15) is 6.92 Å². The molecule has 1 aliphatic rings. The first kappa shape index (κ1) is 20.9. The summed E-state index contributed by atoms with van der Waals surface area (Å²) in [6, 6.07) is 11.9. The molecule has 1 fully saturated rings. The van der Waals surface area contributed by atoms with Crippen molar-refractivity contribution in [2.45, 2.75) is 6.92 Å². The Hall–Kier alpha value is -2.84. The Balaban J connectivity index is 1.55. The fourth-order valence-corrected chi connectivity index (χ4v) is 3.42. The second-order valence-electron chi connectivity index (χ2n) is 6.63. The number of nitro benzene ring substituents is 1. The van der Waals surface area contributed by atoms with Crippen molar-refractivity contribution in [3.8, 4) is 5.75 Å². The maximum Gasteiger partial charge on any atom is 0.271 e. The molecule has 0 aromatic heterocycles. The number of carbonyl (C=O) groups is 1. The summed E-state index contributed by atoms with van der Waals surface area (Å²) in [6.07, 6.45) is 0. The third-order valence-corrected chi connectivity index (χ3v) is 5.01. The van der Waals surface area contributed by atoms with Crippen LogP contribution in [0, 0.1) is 10.1 Å². The Morgan fingerprint density at radius 2 is 1.93 bits per heavy atom. The van der Waals surface area contributed by atoms with E-state index in [0.717, 1.165) is 37.6 Å². The molecule has 1 saturated heterocycles. The van der Waals surface area contributed by atoms with Gasteiger partial charge in [0.25, 0.3) is 5.69 Å². The Kier molecular flexibility index (Phi) is 6.90. The lowest BCUT2D eigenvalue weighted by atomic mass is 10.2. The average Bonchev–Trinajstić information content (AvgIpc) is 2.71. The zero-order valence-corrected chi connectivity index (χ0v) is 16.9. The SMILES string of the molecule is CCOc1ccccc1N1CCN(CC(=O)Nc2cc([N+](=O)[O-])ccc2Cl)CC1. The summed E-state index contributed by atoms with van der Waals surface area (Å²) < 4.78 is 5.71. The van der Waals surface area contributed by atoms with Crippen molar-refractivity contribution in [3.63, 3.8) is 0 Å². The minimum absolute atomic E-state index is 0.119. The number of benzene rings is 2. The molecule has 1 N–H and O–H groups in total. The summed E-state index contributed by atoms with van der Waals surface area (Å²) in [5.74, 6) is 0.608. The molecule has 1 heterocycles. The van der Waals surface area contributed by atoms with Crippen molar-refractivity contribution in [1.29, 1.82) is 0 Å². The lowest BCUT2D eigenvalue weighted by molar-refractivity contribution is -0.384. The molecular formula is C20H23ClN4O4. The number of non-ortho nitro benzene ring substituents is 1. The number of hydrogen-bond donors (Lipinski definition) is 1. The number of nitrogens with one attached hydrogen (secondary N) is 1. The molecule has 3 rings (SSSR count). The number of ether oxygens (including phenoxy) is 1. The van der Waals surface area contributed by atoms with E-state index >= 15 is 0 Å². The second kappa shape index (κ2) is 9.58. The van der Waals surface area contributed by atoms with Crippen molar-refractivity contribution >= 4 is 34.6 Å². The maximum absolute atomic E-state index is 12.4. The first-order valence-electron chi connectivity index (χ1n) is 9.41. The van der Waals surface area contributed by atoms with Gasteiger partial charge in [-0.25, -0.2) is 0 Å². The average molecular weight is 419 g/mol. The van der Waals surface area contributed by atoms with Gasteiger partial charge in [-0.3, -0.25) is 19.8 Å². The number of nitrogens with zero attached hydrogens (tertiary/aromatic N) is 3. The van der Waals surface area contributed by atoms with Crippen molar-refractivity contribution < 1.29 is 14.5 Å². The molecule has 0 atom stereocenters. The van der Waals surface area contributed by atoms with E-state index in [2.05, 4.69) is 10.2 Å². The summed E-state index contributed by atoms with van der Waals surface area (Å²) in [7, 11) is 0. The lowest BCUT2D eigenvalue weighted by Crippen LogP contribution is -2.48. The van der Waals surface area contributed by atoms with Gasteiger partial charge in [0.05, 0.1) is 34.5 Å². The van der Waals surface area contributed by atoms with E-state index in [4.69, 9.17) is 16.3 Å². The van der Waals surface area contributed by atoms with Crippen LogP contribution in [-0.4, -0.2) is 55.1 Å². The molecule has 29 heavy (non-hydrogen) atoms. The molecule has 0 aliphatic carbocycles. The van der Waals surface area contributed by atoms with Crippen LogP contribution in [0.2, 0.25) is 5.02 Å². The van der Waals surface area contributed by atoms with Gasteiger partial charge in [0.15, 0.2) is 0 Å². The minimum atomic E-state index is -0.523. The smallest absolute Gasteiger partial charge is 0.271 e. The van der Waals surface area contributed by atoms with Crippen molar-refractivity contribution in [2.24, 2.45) is 0 Å². The normalized spacial score (nSPS) is 14.5. The minimum Gasteiger partial charge on any atom is -0.492 e. The summed E-state index contributed by atoms with van der Waals surface area (Å²) >= 11 is 6.05. The quantitative estimate of drug-likeness (QED) is 0.547. The van der Waals surface area contributed by atoms with Gasteiger partial charge in [0.2, 0.25) is 5.91 Å². The van der Waals surface area contributed by atoms with Gasteiger partial charge in [-0.2, -0.15) is 0 Å². The van der Waals surface area contributed by atoms with Crippen LogP contribution in [0.3, 0.4) is 0 Å². The Labute approximate surface area is 174 Å². The summed E-state index contributed by atoms with van der Waals surface area (Å²) in [4.78, 5) is 27.1. The van der Waals surface area contributed by atoms with Gasteiger partial charge >= 0.3 is 0 Å². The Bertz CT molecular complexity index is 885. The Morgan fingerprint density at radius 1 is 1.21 bits per heavy atom. The molecule has 0 spiro atoms. The molecule has 0 radical (unpaired) electrons. The third kappa shape index (κ3) is 5.36. The van der Waals surface area contributed by atoms with Crippen LogP contribution < -0.4 is 15.0 Å². The van der Waals surface area contributed by atoms with Gasteiger partial charge in [-0.15, -0.1) is 0 Å². The summed E-state index contributed by atoms with van der Waals surface area (Å²) in [5, 5.41) is 13.8. The van der Waals surface area contributed by atoms with E-state index in [1.54, 1.807) is 0 Å². The van der Waals surface area contributed by atoms with Crippen LogP contribution in [0.25, 0.3) is 0 Å². The predicted molar refractivity (Wildman–Crippen MR) is 113 cm³/mol. The monoisotopic (exact) mass is 418 g/mol. The van der Waals surface area contributed by atoms with Gasteiger partial charge in [0, 0.05) is 38.3 Å². The molecule has 1 aliphatic heterocycles. The molecule has 0 saturated carbocycles. The third-order valence-electron chi connectivity index (χ3n) is 4.68. The highest BCUT2D eigenvalue weighted by Crippen LogP contribution is 2.29. The topological polar surface area (TPSA) is 88.0 Å². The number of rotatable bonds is 7. The van der Waals surface area contributed by atoms with Crippen molar-refractivity contribution in [2.75, 3.05) is 49.5 Å². The van der Waals surface area contributed by atoms with Crippen LogP contribution in [0.4, 0.5) is 17.1 Å². The molecule has 1 amide bonds. The van der Waals surface area contributed by atoms with E-state index in [1.807, 2.05) is 36.1 Å². The zero-order valence-electron chi connectivity index (χ0n) is 16.1. The molecule has 0 bridgehead atoms. The van der Waals surface area contributed by atoms with Crippen LogP contribution in [0.5, 0.6) is 5.75 Å². The molecule has 9 heteroatoms. The fraction of sp³-hybridized carbons (Fsp3) is 0.350. The molecule has 2 aromatic rings. The van der Waals surface area contributed by atoms with Gasteiger partial charge in [0.1, 0.15) is 5.75 Å². The van der Waals surface area contributed by atoms with Crippen LogP contribution >= 0.6 is 11.6 Å². The predicted octanol–water partition coefficient (Wildman–Crippen LogP) is 3.41. The van der Waals surface area contributed by atoms with Gasteiger partial charge in [-0.05, 0) is 25.1 Å². The number of para-hydroxylation sites is 2. The maximum atomic E-state index is 12.4. The first-order chi connectivity index (χ1) is 14.0. The highest BCUT2D eigenvalue weighted by molar-refractivity contribution is 6.33. The summed E-state index contributed by atoms with van der Waals surface area (Å²) in [5.41, 5.74) is 1.18. The highest BCUT2D eigenvalue weighted by atomic mass is 35.5. The number of anilines is 2. The number of hydrogen-bond acceptors (Lipinski definition) is 6. The molecule has 8 nitrogen and oxygen atoms in total.